The lowest BCUT2D eigenvalue weighted by Crippen LogP contribution is -2.23. The molecule has 5 heteroatoms. The summed E-state index contributed by atoms with van der Waals surface area (Å²) in [7, 11) is 2.06. The average Bonchev–Trinajstić information content (AvgIpc) is 3.33. The molecule has 1 fully saturated rings. The molecule has 0 unspecified atom stereocenters. The molecule has 5 nitrogen and oxygen atoms in total. The molecule has 3 rings (SSSR count). The summed E-state index contributed by atoms with van der Waals surface area (Å²) in [6.45, 7) is 2.88. The molecular weight excluding hydrogens is 262 g/mol. The number of nitrogen functional groups attached to an aromatic ring is 1. The summed E-state index contributed by atoms with van der Waals surface area (Å²) in [6, 6.07) is 4.09. The quantitative estimate of drug-likeness (QED) is 0.912. The van der Waals surface area contributed by atoms with Crippen LogP contribution < -0.4 is 10.6 Å². The largest absolute Gasteiger partial charge is 0.383 e. The number of rotatable bonds is 5. The summed E-state index contributed by atoms with van der Waals surface area (Å²) in [5, 5.41) is 0. The van der Waals surface area contributed by atoms with Gasteiger partial charge < -0.3 is 10.6 Å². The molecule has 0 aliphatic heterocycles. The van der Waals surface area contributed by atoms with Gasteiger partial charge in [-0.05, 0) is 43.9 Å². The van der Waals surface area contributed by atoms with Gasteiger partial charge in [0.2, 0.25) is 0 Å². The highest BCUT2D eigenvalue weighted by Gasteiger charge is 2.28. The van der Waals surface area contributed by atoms with Gasteiger partial charge in [0.25, 0.3) is 0 Å². The lowest BCUT2D eigenvalue weighted by atomic mass is 10.2. The number of nitrogens with zero attached hydrogens (tertiary/aromatic N) is 4. The Morgan fingerprint density at radius 1 is 1.24 bits per heavy atom. The Balaban J connectivity index is 1.75. The van der Waals surface area contributed by atoms with E-state index in [2.05, 4.69) is 21.9 Å². The molecule has 0 atom stereocenters. The molecule has 1 aliphatic carbocycles. The molecule has 0 bridgehead atoms. The van der Waals surface area contributed by atoms with Crippen LogP contribution in [0.5, 0.6) is 0 Å². The molecule has 0 spiro atoms. The zero-order valence-corrected chi connectivity index (χ0v) is 12.6. The Kier molecular flexibility index (Phi) is 3.73. The minimum Gasteiger partial charge on any atom is -0.383 e. The molecular formula is C16H21N5. The van der Waals surface area contributed by atoms with Crippen LogP contribution in [0, 0.1) is 6.92 Å². The van der Waals surface area contributed by atoms with E-state index < -0.39 is 0 Å². The van der Waals surface area contributed by atoms with Crippen molar-refractivity contribution in [3.05, 3.63) is 41.5 Å². The van der Waals surface area contributed by atoms with E-state index in [9.17, 15) is 0 Å². The topological polar surface area (TPSA) is 67.9 Å². The molecule has 0 saturated heterocycles. The SMILES string of the molecule is Cc1c(N)nc(C2CC2)nc1N(C)CCc1ccncc1. The third-order valence-corrected chi connectivity index (χ3v) is 3.96. The van der Waals surface area contributed by atoms with E-state index in [0.29, 0.717) is 11.7 Å². The number of nitrogens with two attached hydrogens (primary N) is 1. The zero-order chi connectivity index (χ0) is 14.8. The van der Waals surface area contributed by atoms with Crippen LogP contribution in [0.2, 0.25) is 0 Å². The van der Waals surface area contributed by atoms with Crippen molar-refractivity contribution in [1.82, 2.24) is 15.0 Å². The minimum absolute atomic E-state index is 0.514. The predicted molar refractivity (Wildman–Crippen MR) is 84.4 cm³/mol. The van der Waals surface area contributed by atoms with Crippen LogP contribution in [-0.2, 0) is 6.42 Å². The molecule has 0 radical (unpaired) electrons. The Labute approximate surface area is 125 Å². The normalized spacial score (nSPS) is 14.2. The van der Waals surface area contributed by atoms with Crippen molar-refractivity contribution in [3.8, 4) is 0 Å². The van der Waals surface area contributed by atoms with Crippen molar-refractivity contribution in [1.29, 1.82) is 0 Å². The molecule has 2 aromatic heterocycles. The summed E-state index contributed by atoms with van der Waals surface area (Å²) >= 11 is 0. The van der Waals surface area contributed by atoms with Gasteiger partial charge in [-0.15, -0.1) is 0 Å². The van der Waals surface area contributed by atoms with Gasteiger partial charge in [-0.3, -0.25) is 4.98 Å². The molecule has 21 heavy (non-hydrogen) atoms. The van der Waals surface area contributed by atoms with Crippen molar-refractivity contribution >= 4 is 11.6 Å². The van der Waals surface area contributed by atoms with Crippen molar-refractivity contribution in [3.63, 3.8) is 0 Å². The highest BCUT2D eigenvalue weighted by atomic mass is 15.2. The van der Waals surface area contributed by atoms with Gasteiger partial charge in [0, 0.05) is 37.5 Å². The summed E-state index contributed by atoms with van der Waals surface area (Å²) in [6.07, 6.45) is 6.98. The fourth-order valence-electron chi connectivity index (χ4n) is 2.39. The predicted octanol–water partition coefficient (Wildman–Crippen LogP) is 2.32. The van der Waals surface area contributed by atoms with Crippen LogP contribution in [0.25, 0.3) is 0 Å². The first-order chi connectivity index (χ1) is 10.1. The van der Waals surface area contributed by atoms with Gasteiger partial charge >= 0.3 is 0 Å². The lowest BCUT2D eigenvalue weighted by Gasteiger charge is -2.21. The summed E-state index contributed by atoms with van der Waals surface area (Å²) in [5.74, 6) is 2.99. The number of aromatic nitrogens is 3. The number of hydrogen-bond donors (Lipinski definition) is 1. The second-order valence-electron chi connectivity index (χ2n) is 5.72. The van der Waals surface area contributed by atoms with E-state index in [1.165, 1.54) is 18.4 Å². The van der Waals surface area contributed by atoms with Crippen molar-refractivity contribution in [2.45, 2.75) is 32.1 Å². The maximum Gasteiger partial charge on any atom is 0.137 e. The van der Waals surface area contributed by atoms with Crippen LogP contribution in [0.4, 0.5) is 11.6 Å². The van der Waals surface area contributed by atoms with Crippen LogP contribution in [0.1, 0.15) is 35.7 Å². The lowest BCUT2D eigenvalue weighted by molar-refractivity contribution is 0.828. The zero-order valence-electron chi connectivity index (χ0n) is 12.6. The van der Waals surface area contributed by atoms with E-state index in [0.717, 1.165) is 30.2 Å². The van der Waals surface area contributed by atoms with Gasteiger partial charge in [0.05, 0.1) is 0 Å². The molecule has 2 heterocycles. The molecule has 1 aliphatic rings. The standard InChI is InChI=1S/C16H21N5/c1-11-14(17)19-15(13-3-4-13)20-16(11)21(2)10-7-12-5-8-18-9-6-12/h5-6,8-9,13H,3-4,7,10H2,1-2H3,(H2,17,19,20). The monoisotopic (exact) mass is 283 g/mol. The average molecular weight is 283 g/mol. The Morgan fingerprint density at radius 2 is 1.95 bits per heavy atom. The summed E-state index contributed by atoms with van der Waals surface area (Å²) in [5.41, 5.74) is 8.29. The van der Waals surface area contributed by atoms with Crippen LogP contribution in [0.3, 0.4) is 0 Å². The van der Waals surface area contributed by atoms with Gasteiger partial charge in [0.1, 0.15) is 17.5 Å². The molecule has 0 amide bonds. The third kappa shape index (κ3) is 3.12. The molecule has 2 N–H and O–H groups in total. The van der Waals surface area contributed by atoms with E-state index in [4.69, 9.17) is 10.7 Å². The van der Waals surface area contributed by atoms with Crippen molar-refractivity contribution in [2.75, 3.05) is 24.2 Å². The maximum atomic E-state index is 6.05. The van der Waals surface area contributed by atoms with Gasteiger partial charge in [-0.25, -0.2) is 9.97 Å². The number of anilines is 2. The second-order valence-corrected chi connectivity index (χ2v) is 5.72. The first kappa shape index (κ1) is 13.8. The van der Waals surface area contributed by atoms with Crippen LogP contribution in [0.15, 0.2) is 24.5 Å². The van der Waals surface area contributed by atoms with Crippen LogP contribution in [-0.4, -0.2) is 28.5 Å². The van der Waals surface area contributed by atoms with Crippen molar-refractivity contribution < 1.29 is 0 Å². The van der Waals surface area contributed by atoms with Crippen molar-refractivity contribution in [2.24, 2.45) is 0 Å². The first-order valence-corrected chi connectivity index (χ1v) is 7.39. The van der Waals surface area contributed by atoms with E-state index in [-0.39, 0.29) is 0 Å². The smallest absolute Gasteiger partial charge is 0.137 e. The van der Waals surface area contributed by atoms with Crippen LogP contribution >= 0.6 is 0 Å². The minimum atomic E-state index is 0.514. The third-order valence-electron chi connectivity index (χ3n) is 3.96. The summed E-state index contributed by atoms with van der Waals surface area (Å²) in [4.78, 5) is 15.4. The summed E-state index contributed by atoms with van der Waals surface area (Å²) < 4.78 is 0. The molecule has 110 valence electrons. The maximum absolute atomic E-state index is 6.05. The van der Waals surface area contributed by atoms with Gasteiger partial charge in [0.15, 0.2) is 0 Å². The van der Waals surface area contributed by atoms with E-state index in [1.54, 1.807) is 0 Å². The van der Waals surface area contributed by atoms with E-state index >= 15 is 0 Å². The Hall–Kier alpha value is -2.17. The van der Waals surface area contributed by atoms with E-state index in [1.807, 2.05) is 31.5 Å². The molecule has 0 aromatic carbocycles. The number of pyridine rings is 1. The molecule has 2 aromatic rings. The highest BCUT2D eigenvalue weighted by Crippen LogP contribution is 2.39. The van der Waals surface area contributed by atoms with Gasteiger partial charge in [-0.2, -0.15) is 0 Å². The Morgan fingerprint density at radius 3 is 2.62 bits per heavy atom. The van der Waals surface area contributed by atoms with Gasteiger partial charge in [-0.1, -0.05) is 0 Å². The highest BCUT2D eigenvalue weighted by molar-refractivity contribution is 5.56. The number of likely N-dealkylation sites (N-methyl/N-ethyl adjacent to an activating group) is 1. The number of hydrogen-bond acceptors (Lipinski definition) is 5. The first-order valence-electron chi connectivity index (χ1n) is 7.39. The fourth-order valence-corrected chi connectivity index (χ4v) is 2.39. The second kappa shape index (κ2) is 5.68. The molecule has 1 saturated carbocycles. The Bertz CT molecular complexity index is 622. The fraction of sp³-hybridized carbons (Fsp3) is 0.438.